The van der Waals surface area contributed by atoms with Crippen LogP contribution in [-0.2, 0) is 30.5 Å². The van der Waals surface area contributed by atoms with E-state index < -0.39 is 50.8 Å². The fraction of sp³-hybridized carbons (Fsp3) is 0.560. The number of aromatic nitrogens is 2. The Balaban J connectivity index is 1.78. The van der Waals surface area contributed by atoms with E-state index in [4.69, 9.17) is 9.26 Å². The fourth-order valence-electron chi connectivity index (χ4n) is 3.73. The number of amides is 3. The molecule has 0 saturated carbocycles. The Morgan fingerprint density at radius 2 is 1.71 bits per heavy atom. The van der Waals surface area contributed by atoms with Crippen molar-refractivity contribution >= 4 is 27.6 Å². The summed E-state index contributed by atoms with van der Waals surface area (Å²) >= 11 is 0. The number of ketones is 1. The molecule has 2 heterocycles. The molecule has 1 saturated heterocycles. The van der Waals surface area contributed by atoms with Gasteiger partial charge in [0.15, 0.2) is 15.7 Å². The second-order valence-corrected chi connectivity index (χ2v) is 12.3. The van der Waals surface area contributed by atoms with Gasteiger partial charge in [0, 0.05) is 18.5 Å². The molecule has 1 aliphatic rings. The van der Waals surface area contributed by atoms with Crippen molar-refractivity contribution in [3.8, 4) is 0 Å². The summed E-state index contributed by atoms with van der Waals surface area (Å²) in [6.45, 7) is 8.56. The van der Waals surface area contributed by atoms with Crippen LogP contribution in [0.3, 0.4) is 0 Å². The van der Waals surface area contributed by atoms with Crippen LogP contribution in [0.2, 0.25) is 0 Å². The molecule has 0 spiro atoms. The standard InChI is InChI=1S/C25H35N5O7S/c1-5-18(20(31)22-28-23(29-37-22)25(2,3)4)26-21(32)19(27-24(33)30-11-13-36-14-12-30)16-38(34,35)15-17-9-7-6-8-10-17/h6-10,18-19H,5,11-16H2,1-4H3,(H,26,32)(H,27,33)/t18-,19+/m1/s1. The summed E-state index contributed by atoms with van der Waals surface area (Å²) in [7, 11) is -3.83. The number of ether oxygens (including phenoxy) is 1. The van der Waals surface area contributed by atoms with Crippen molar-refractivity contribution in [2.24, 2.45) is 0 Å². The van der Waals surface area contributed by atoms with Gasteiger partial charge < -0.3 is 24.8 Å². The highest BCUT2D eigenvalue weighted by atomic mass is 32.2. The highest BCUT2D eigenvalue weighted by Gasteiger charge is 2.34. The molecule has 2 aromatic rings. The van der Waals surface area contributed by atoms with Crippen LogP contribution in [0.5, 0.6) is 0 Å². The first-order valence-electron chi connectivity index (χ1n) is 12.5. The van der Waals surface area contributed by atoms with Gasteiger partial charge in [-0.3, -0.25) is 9.59 Å². The summed E-state index contributed by atoms with van der Waals surface area (Å²) in [6, 6.07) is 5.45. The van der Waals surface area contributed by atoms with Gasteiger partial charge in [0.1, 0.15) is 6.04 Å². The van der Waals surface area contributed by atoms with Crippen LogP contribution in [0.4, 0.5) is 4.79 Å². The number of rotatable bonds is 10. The number of nitrogens with one attached hydrogen (secondary N) is 2. The number of Topliss-reactive ketones (excluding diaryl/α,β-unsaturated/α-hetero) is 1. The smallest absolute Gasteiger partial charge is 0.318 e. The van der Waals surface area contributed by atoms with Gasteiger partial charge >= 0.3 is 6.03 Å². The average Bonchev–Trinajstić information content (AvgIpc) is 3.38. The Morgan fingerprint density at radius 3 is 2.29 bits per heavy atom. The van der Waals surface area contributed by atoms with Gasteiger partial charge in [0.05, 0.1) is 30.8 Å². The van der Waals surface area contributed by atoms with Gasteiger partial charge in [0.2, 0.25) is 11.7 Å². The van der Waals surface area contributed by atoms with Crippen LogP contribution >= 0.6 is 0 Å². The van der Waals surface area contributed by atoms with Gasteiger partial charge in [-0.05, 0) is 12.0 Å². The highest BCUT2D eigenvalue weighted by molar-refractivity contribution is 7.90. The summed E-state index contributed by atoms with van der Waals surface area (Å²) in [5.41, 5.74) is 0.105. The molecule has 13 heteroatoms. The molecule has 38 heavy (non-hydrogen) atoms. The van der Waals surface area contributed by atoms with Crippen molar-refractivity contribution in [2.45, 2.75) is 57.4 Å². The van der Waals surface area contributed by atoms with Crippen LogP contribution in [0, 0.1) is 0 Å². The lowest BCUT2D eigenvalue weighted by molar-refractivity contribution is -0.123. The highest BCUT2D eigenvalue weighted by Crippen LogP contribution is 2.19. The van der Waals surface area contributed by atoms with Gasteiger partial charge in [-0.1, -0.05) is 63.2 Å². The van der Waals surface area contributed by atoms with E-state index in [2.05, 4.69) is 20.8 Å². The van der Waals surface area contributed by atoms with E-state index in [1.807, 2.05) is 20.8 Å². The molecule has 0 radical (unpaired) electrons. The number of carbonyl (C=O) groups is 3. The maximum atomic E-state index is 13.3. The lowest BCUT2D eigenvalue weighted by Crippen LogP contribution is -2.57. The van der Waals surface area contributed by atoms with Gasteiger partial charge in [-0.2, -0.15) is 4.98 Å². The van der Waals surface area contributed by atoms with Crippen LogP contribution < -0.4 is 10.6 Å². The molecule has 1 aliphatic heterocycles. The minimum atomic E-state index is -3.83. The normalized spacial score (nSPS) is 15.9. The Labute approximate surface area is 222 Å². The number of carbonyl (C=O) groups excluding carboxylic acids is 3. The fourth-order valence-corrected chi connectivity index (χ4v) is 5.29. The van der Waals surface area contributed by atoms with Crippen LogP contribution in [0.15, 0.2) is 34.9 Å². The molecule has 12 nitrogen and oxygen atoms in total. The Morgan fingerprint density at radius 1 is 1.05 bits per heavy atom. The lowest BCUT2D eigenvalue weighted by atomic mass is 9.96. The number of benzene rings is 1. The van der Waals surface area contributed by atoms with Crippen molar-refractivity contribution in [3.05, 3.63) is 47.6 Å². The van der Waals surface area contributed by atoms with Crippen molar-refractivity contribution in [1.29, 1.82) is 0 Å². The molecule has 3 amide bonds. The summed E-state index contributed by atoms with van der Waals surface area (Å²) in [4.78, 5) is 44.8. The minimum absolute atomic E-state index is 0.179. The van der Waals surface area contributed by atoms with E-state index in [0.29, 0.717) is 37.7 Å². The number of nitrogens with zero attached hydrogens (tertiary/aromatic N) is 3. The van der Waals surface area contributed by atoms with Crippen molar-refractivity contribution in [1.82, 2.24) is 25.7 Å². The van der Waals surface area contributed by atoms with Crippen molar-refractivity contribution in [3.63, 3.8) is 0 Å². The van der Waals surface area contributed by atoms with Gasteiger partial charge in [-0.15, -0.1) is 0 Å². The van der Waals surface area contributed by atoms with Gasteiger partial charge in [-0.25, -0.2) is 13.2 Å². The zero-order valence-corrected chi connectivity index (χ0v) is 22.9. The molecule has 2 N–H and O–H groups in total. The third-order valence-electron chi connectivity index (χ3n) is 5.91. The van der Waals surface area contributed by atoms with Crippen molar-refractivity contribution in [2.75, 3.05) is 32.1 Å². The predicted octanol–water partition coefficient (Wildman–Crippen LogP) is 1.47. The van der Waals surface area contributed by atoms with E-state index in [1.165, 1.54) is 4.90 Å². The average molecular weight is 550 g/mol. The van der Waals surface area contributed by atoms with E-state index in [0.717, 1.165) is 0 Å². The Kier molecular flexibility index (Phi) is 9.60. The van der Waals surface area contributed by atoms with Gasteiger partial charge in [0.25, 0.3) is 5.89 Å². The van der Waals surface area contributed by atoms with E-state index >= 15 is 0 Å². The largest absolute Gasteiger partial charge is 0.378 e. The number of sulfone groups is 1. The topological polar surface area (TPSA) is 161 Å². The molecule has 1 fully saturated rings. The Bertz CT molecular complexity index is 1220. The molecule has 0 unspecified atom stereocenters. The molecule has 0 aliphatic carbocycles. The number of urea groups is 1. The lowest BCUT2D eigenvalue weighted by Gasteiger charge is -2.29. The van der Waals surface area contributed by atoms with E-state index in [1.54, 1.807) is 37.3 Å². The maximum Gasteiger partial charge on any atom is 0.318 e. The summed E-state index contributed by atoms with van der Waals surface area (Å²) < 4.78 is 36.4. The molecule has 3 rings (SSSR count). The molecule has 2 atom stereocenters. The molecule has 0 bridgehead atoms. The van der Waals surface area contributed by atoms with Crippen LogP contribution in [0.1, 0.15) is 56.2 Å². The second kappa shape index (κ2) is 12.5. The molecular weight excluding hydrogens is 514 g/mol. The first-order chi connectivity index (χ1) is 17.9. The molecule has 1 aromatic heterocycles. The first kappa shape index (κ1) is 29.2. The van der Waals surface area contributed by atoms with Crippen LogP contribution in [0.25, 0.3) is 0 Å². The SMILES string of the molecule is CC[C@@H](NC(=O)[C@H](CS(=O)(=O)Cc1ccccc1)NC(=O)N1CCOCC1)C(=O)c1nc(C(C)(C)C)no1. The predicted molar refractivity (Wildman–Crippen MR) is 138 cm³/mol. The number of hydrogen-bond acceptors (Lipinski definition) is 9. The Hall–Kier alpha value is -3.32. The third-order valence-corrected chi connectivity index (χ3v) is 7.53. The second-order valence-electron chi connectivity index (χ2n) is 10.1. The molecular formula is C25H35N5O7S. The number of hydrogen-bond donors (Lipinski definition) is 2. The third kappa shape index (κ3) is 8.09. The number of morpholine rings is 1. The molecule has 1 aromatic carbocycles. The monoisotopic (exact) mass is 549 g/mol. The first-order valence-corrected chi connectivity index (χ1v) is 14.3. The minimum Gasteiger partial charge on any atom is -0.378 e. The maximum absolute atomic E-state index is 13.3. The van der Waals surface area contributed by atoms with E-state index in [-0.39, 0.29) is 18.1 Å². The zero-order valence-electron chi connectivity index (χ0n) is 22.1. The van der Waals surface area contributed by atoms with E-state index in [9.17, 15) is 22.8 Å². The summed E-state index contributed by atoms with van der Waals surface area (Å²) in [5, 5.41) is 8.95. The summed E-state index contributed by atoms with van der Waals surface area (Å²) in [5.74, 6) is -2.28. The zero-order chi connectivity index (χ0) is 27.9. The quantitative estimate of drug-likeness (QED) is 0.418. The molecule has 208 valence electrons. The van der Waals surface area contributed by atoms with Crippen molar-refractivity contribution < 1.29 is 32.1 Å². The van der Waals surface area contributed by atoms with Crippen LogP contribution in [-0.4, -0.2) is 85.3 Å². The summed E-state index contributed by atoms with van der Waals surface area (Å²) in [6.07, 6.45) is 0.179.